The van der Waals surface area contributed by atoms with Gasteiger partial charge < -0.3 is 5.11 Å². The van der Waals surface area contributed by atoms with Gasteiger partial charge in [-0.3, -0.25) is 0 Å². The number of aliphatic hydroxyl groups excluding tert-OH is 1. The maximum atomic E-state index is 11.1. The highest BCUT2D eigenvalue weighted by atomic mass is 35.7. The van der Waals surface area contributed by atoms with E-state index in [0.29, 0.717) is 17.5 Å². The highest BCUT2D eigenvalue weighted by Crippen LogP contribution is 2.23. The predicted octanol–water partition coefficient (Wildman–Crippen LogP) is 1.54. The molecule has 1 aromatic rings. The van der Waals surface area contributed by atoms with Crippen molar-refractivity contribution < 1.29 is 13.5 Å². The molecule has 0 saturated heterocycles. The molecule has 0 aliphatic heterocycles. The lowest BCUT2D eigenvalue weighted by Gasteiger charge is -2.09. The maximum Gasteiger partial charge on any atom is 0.261 e. The van der Waals surface area contributed by atoms with E-state index in [2.05, 4.69) is 0 Å². The number of halogens is 1. The van der Waals surface area contributed by atoms with E-state index in [1.54, 1.807) is 0 Å². The molecule has 0 amide bonds. The van der Waals surface area contributed by atoms with Crippen LogP contribution >= 0.6 is 10.7 Å². The molecular weight excluding hydrogens is 250 g/mol. The van der Waals surface area contributed by atoms with Gasteiger partial charge in [-0.25, -0.2) is 8.42 Å². The zero-order valence-corrected chi connectivity index (χ0v) is 10.1. The summed E-state index contributed by atoms with van der Waals surface area (Å²) in [6.07, 6.45) is 0.543. The first-order chi connectivity index (χ1) is 7.43. The largest absolute Gasteiger partial charge is 0.392 e. The van der Waals surface area contributed by atoms with Crippen LogP contribution in [-0.2, 0) is 22.1 Å². The summed E-state index contributed by atoms with van der Waals surface area (Å²) in [5.74, 6) is 0. The van der Waals surface area contributed by atoms with Crippen molar-refractivity contribution in [1.82, 2.24) is 0 Å². The van der Waals surface area contributed by atoms with Crippen molar-refractivity contribution in [3.63, 3.8) is 0 Å². The molecule has 0 saturated carbocycles. The summed E-state index contributed by atoms with van der Waals surface area (Å²) >= 11 is 0. The van der Waals surface area contributed by atoms with Crippen LogP contribution in [0.2, 0.25) is 0 Å². The zero-order valence-electron chi connectivity index (χ0n) is 8.57. The average molecular weight is 260 g/mol. The molecule has 0 fully saturated rings. The first-order valence-corrected chi connectivity index (χ1v) is 6.86. The Morgan fingerprint density at radius 2 is 2.12 bits per heavy atom. The summed E-state index contributed by atoms with van der Waals surface area (Å²) in [6, 6.07) is 4.42. The topological polar surface area (TPSA) is 78.2 Å². The van der Waals surface area contributed by atoms with E-state index in [1.165, 1.54) is 12.1 Å². The number of hydrogen-bond acceptors (Lipinski definition) is 4. The molecule has 0 aliphatic carbocycles. The van der Waals surface area contributed by atoms with Crippen LogP contribution in [0.25, 0.3) is 0 Å². The van der Waals surface area contributed by atoms with E-state index in [9.17, 15) is 8.42 Å². The van der Waals surface area contributed by atoms with Crippen LogP contribution in [0.1, 0.15) is 23.6 Å². The quantitative estimate of drug-likeness (QED) is 0.835. The van der Waals surface area contributed by atoms with E-state index < -0.39 is 9.05 Å². The van der Waals surface area contributed by atoms with Crippen LogP contribution in [0.3, 0.4) is 0 Å². The average Bonchev–Trinajstić information content (AvgIpc) is 2.25. The van der Waals surface area contributed by atoms with E-state index >= 15 is 0 Å². The standard InChI is InChI=1S/C10H10ClNO3S/c1-2-10-7(5-12)3-9(16(11,14)15)4-8(10)6-13/h3-4,13H,2,6H2,1H3. The Labute approximate surface area is 98.5 Å². The fourth-order valence-corrected chi connectivity index (χ4v) is 2.31. The molecule has 6 heteroatoms. The third kappa shape index (κ3) is 2.53. The van der Waals surface area contributed by atoms with Crippen LogP contribution in [0.15, 0.2) is 17.0 Å². The number of benzene rings is 1. The van der Waals surface area contributed by atoms with Crippen LogP contribution in [0.5, 0.6) is 0 Å². The second-order valence-corrected chi connectivity index (χ2v) is 5.74. The van der Waals surface area contributed by atoms with Crippen LogP contribution in [-0.4, -0.2) is 13.5 Å². The van der Waals surface area contributed by atoms with Gasteiger partial charge in [0.1, 0.15) is 0 Å². The number of hydrogen-bond donors (Lipinski definition) is 1. The Morgan fingerprint density at radius 3 is 2.50 bits per heavy atom. The Morgan fingerprint density at radius 1 is 1.50 bits per heavy atom. The van der Waals surface area contributed by atoms with Gasteiger partial charge in [0.25, 0.3) is 9.05 Å². The third-order valence-corrected chi connectivity index (χ3v) is 3.58. The van der Waals surface area contributed by atoms with Crippen molar-refractivity contribution in [1.29, 1.82) is 5.26 Å². The lowest BCUT2D eigenvalue weighted by Crippen LogP contribution is -2.01. The number of nitrogens with zero attached hydrogens (tertiary/aromatic N) is 1. The molecule has 0 aromatic heterocycles. The lowest BCUT2D eigenvalue weighted by atomic mass is 10.00. The summed E-state index contributed by atoms with van der Waals surface area (Å²) < 4.78 is 22.3. The summed E-state index contributed by atoms with van der Waals surface area (Å²) in [5.41, 5.74) is 1.29. The summed E-state index contributed by atoms with van der Waals surface area (Å²) in [5, 5.41) is 18.0. The summed E-state index contributed by atoms with van der Waals surface area (Å²) in [6.45, 7) is 1.50. The molecule has 0 radical (unpaired) electrons. The highest BCUT2D eigenvalue weighted by Gasteiger charge is 2.16. The molecule has 0 unspecified atom stereocenters. The Hall–Kier alpha value is -1.09. The van der Waals surface area contributed by atoms with Gasteiger partial charge in [0.05, 0.1) is 23.1 Å². The van der Waals surface area contributed by atoms with Crippen LogP contribution in [0.4, 0.5) is 0 Å². The van der Waals surface area contributed by atoms with Gasteiger partial charge in [-0.2, -0.15) is 5.26 Å². The minimum absolute atomic E-state index is 0.160. The molecule has 0 atom stereocenters. The monoisotopic (exact) mass is 259 g/mol. The smallest absolute Gasteiger partial charge is 0.261 e. The fourth-order valence-electron chi connectivity index (χ4n) is 1.50. The first kappa shape index (κ1) is 13.0. The van der Waals surface area contributed by atoms with Gasteiger partial charge in [0.15, 0.2) is 0 Å². The number of nitriles is 1. The minimum Gasteiger partial charge on any atom is -0.392 e. The van der Waals surface area contributed by atoms with Crippen molar-refractivity contribution in [2.75, 3.05) is 0 Å². The molecule has 0 spiro atoms. The van der Waals surface area contributed by atoms with E-state index in [0.717, 1.165) is 0 Å². The Balaban J connectivity index is 3.58. The first-order valence-electron chi connectivity index (χ1n) is 4.55. The molecule has 0 heterocycles. The molecular formula is C10H10ClNO3S. The van der Waals surface area contributed by atoms with Crippen LogP contribution < -0.4 is 0 Å². The maximum absolute atomic E-state index is 11.1. The predicted molar refractivity (Wildman–Crippen MR) is 59.5 cm³/mol. The van der Waals surface area contributed by atoms with Crippen molar-refractivity contribution in [3.8, 4) is 6.07 Å². The summed E-state index contributed by atoms with van der Waals surface area (Å²) in [7, 11) is 1.31. The Kier molecular flexibility index (Phi) is 3.92. The lowest BCUT2D eigenvalue weighted by molar-refractivity contribution is 0.280. The SMILES string of the molecule is CCc1c(C#N)cc(S(=O)(=O)Cl)cc1CO. The molecule has 0 bridgehead atoms. The molecule has 1 rings (SSSR count). The van der Waals surface area contributed by atoms with Gasteiger partial charge in [-0.1, -0.05) is 6.92 Å². The van der Waals surface area contributed by atoms with Gasteiger partial charge >= 0.3 is 0 Å². The van der Waals surface area contributed by atoms with Crippen molar-refractivity contribution >= 4 is 19.7 Å². The number of aliphatic hydroxyl groups is 1. The van der Waals surface area contributed by atoms with Crippen molar-refractivity contribution in [2.45, 2.75) is 24.8 Å². The Bertz CT molecular complexity index is 546. The molecule has 86 valence electrons. The molecule has 0 aliphatic rings. The molecule has 1 aromatic carbocycles. The van der Waals surface area contributed by atoms with E-state index in [1.807, 2.05) is 13.0 Å². The van der Waals surface area contributed by atoms with Crippen LogP contribution in [0, 0.1) is 11.3 Å². The van der Waals surface area contributed by atoms with E-state index in [4.69, 9.17) is 21.1 Å². The van der Waals surface area contributed by atoms with Gasteiger partial charge in [0.2, 0.25) is 0 Å². The molecule has 16 heavy (non-hydrogen) atoms. The van der Waals surface area contributed by atoms with Crippen molar-refractivity contribution in [2.24, 2.45) is 0 Å². The highest BCUT2D eigenvalue weighted by molar-refractivity contribution is 8.13. The third-order valence-electron chi connectivity index (χ3n) is 2.24. The van der Waals surface area contributed by atoms with Gasteiger partial charge in [-0.05, 0) is 29.7 Å². The number of rotatable bonds is 3. The molecule has 4 nitrogen and oxygen atoms in total. The second-order valence-electron chi connectivity index (χ2n) is 3.17. The van der Waals surface area contributed by atoms with Gasteiger partial charge in [0, 0.05) is 10.7 Å². The second kappa shape index (κ2) is 4.83. The van der Waals surface area contributed by atoms with Crippen molar-refractivity contribution in [3.05, 3.63) is 28.8 Å². The molecule has 1 N–H and O–H groups in total. The van der Waals surface area contributed by atoms with E-state index in [-0.39, 0.29) is 17.1 Å². The van der Waals surface area contributed by atoms with Gasteiger partial charge in [-0.15, -0.1) is 0 Å². The fraction of sp³-hybridized carbons (Fsp3) is 0.300. The zero-order chi connectivity index (χ0) is 12.3. The minimum atomic E-state index is -3.88. The normalized spacial score (nSPS) is 11.1. The summed E-state index contributed by atoms with van der Waals surface area (Å²) in [4.78, 5) is -0.160.